The molecule has 2 nitrogen and oxygen atoms in total. The first-order valence-corrected chi connectivity index (χ1v) is 5.85. The van der Waals surface area contributed by atoms with Crippen molar-refractivity contribution in [1.29, 1.82) is 0 Å². The van der Waals surface area contributed by atoms with E-state index in [0.29, 0.717) is 12.1 Å². The third kappa shape index (κ3) is 2.80. The number of aryl methyl sites for hydroxylation is 2. The normalized spacial score (nSPS) is 10.4. The molecule has 0 unspecified atom stereocenters. The van der Waals surface area contributed by atoms with Crippen molar-refractivity contribution in [3.63, 3.8) is 0 Å². The number of rotatable bonds is 3. The highest BCUT2D eigenvalue weighted by Gasteiger charge is 2.02. The van der Waals surface area contributed by atoms with Crippen molar-refractivity contribution in [2.24, 2.45) is 0 Å². The van der Waals surface area contributed by atoms with Crippen molar-refractivity contribution in [2.75, 3.05) is 5.32 Å². The number of halogens is 1. The van der Waals surface area contributed by atoms with Gasteiger partial charge in [0.15, 0.2) is 0 Å². The second kappa shape index (κ2) is 5.08. The van der Waals surface area contributed by atoms with Crippen LogP contribution in [-0.2, 0) is 6.54 Å². The summed E-state index contributed by atoms with van der Waals surface area (Å²) in [5.74, 6) is 0.0659. The summed E-state index contributed by atoms with van der Waals surface area (Å²) in [5, 5.41) is 12.5. The van der Waals surface area contributed by atoms with Crippen LogP contribution in [-0.4, -0.2) is 5.11 Å². The van der Waals surface area contributed by atoms with Crippen LogP contribution in [0.4, 0.5) is 10.1 Å². The highest BCUT2D eigenvalue weighted by atomic mass is 19.1. The number of anilines is 1. The Bertz CT molecular complexity index is 566. The molecule has 0 saturated carbocycles. The predicted octanol–water partition coefficient (Wildman–Crippen LogP) is 3.76. The molecular weight excluding hydrogens is 229 g/mol. The van der Waals surface area contributed by atoms with Gasteiger partial charge in [-0.25, -0.2) is 4.39 Å². The molecule has 2 rings (SSSR count). The average molecular weight is 245 g/mol. The third-order valence-electron chi connectivity index (χ3n) is 2.93. The molecule has 2 aromatic carbocycles. The lowest BCUT2D eigenvalue weighted by Crippen LogP contribution is -2.01. The molecule has 2 N–H and O–H groups in total. The van der Waals surface area contributed by atoms with Crippen molar-refractivity contribution in [3.8, 4) is 5.75 Å². The number of hydrogen-bond acceptors (Lipinski definition) is 2. The van der Waals surface area contributed by atoms with Gasteiger partial charge >= 0.3 is 0 Å². The zero-order valence-corrected chi connectivity index (χ0v) is 10.5. The molecular formula is C15H16FNO. The fourth-order valence-corrected chi connectivity index (χ4v) is 1.79. The van der Waals surface area contributed by atoms with Crippen LogP contribution in [0.25, 0.3) is 0 Å². The summed E-state index contributed by atoms with van der Waals surface area (Å²) >= 11 is 0. The number of benzene rings is 2. The van der Waals surface area contributed by atoms with Gasteiger partial charge in [0, 0.05) is 12.2 Å². The first-order valence-electron chi connectivity index (χ1n) is 5.85. The van der Waals surface area contributed by atoms with E-state index < -0.39 is 0 Å². The molecule has 0 aromatic heterocycles. The van der Waals surface area contributed by atoms with Crippen molar-refractivity contribution in [1.82, 2.24) is 0 Å². The summed E-state index contributed by atoms with van der Waals surface area (Å²) in [7, 11) is 0. The van der Waals surface area contributed by atoms with Gasteiger partial charge in [0.05, 0.1) is 0 Å². The first-order chi connectivity index (χ1) is 8.56. The highest BCUT2D eigenvalue weighted by molar-refractivity contribution is 5.53. The Morgan fingerprint density at radius 3 is 2.50 bits per heavy atom. The maximum atomic E-state index is 13.4. The quantitative estimate of drug-likeness (QED) is 0.807. The molecule has 3 heteroatoms. The molecule has 0 atom stereocenters. The van der Waals surface area contributed by atoms with Gasteiger partial charge in [0.25, 0.3) is 0 Å². The van der Waals surface area contributed by atoms with E-state index >= 15 is 0 Å². The van der Waals surface area contributed by atoms with Crippen LogP contribution in [0.3, 0.4) is 0 Å². The third-order valence-corrected chi connectivity index (χ3v) is 2.93. The zero-order valence-electron chi connectivity index (χ0n) is 10.5. The van der Waals surface area contributed by atoms with Crippen molar-refractivity contribution < 1.29 is 9.50 Å². The Balaban J connectivity index is 2.09. The van der Waals surface area contributed by atoms with E-state index in [4.69, 9.17) is 0 Å². The van der Waals surface area contributed by atoms with Crippen LogP contribution in [0.15, 0.2) is 36.4 Å². The van der Waals surface area contributed by atoms with E-state index in [1.54, 1.807) is 25.1 Å². The largest absolute Gasteiger partial charge is 0.508 e. The highest BCUT2D eigenvalue weighted by Crippen LogP contribution is 2.21. The standard InChI is InChI=1S/C15H16FNO/c1-10-3-4-12(8-14(10)16)9-17-15-6-5-13(18)7-11(15)2/h3-8,17-18H,9H2,1-2H3. The van der Waals surface area contributed by atoms with Crippen LogP contribution in [0.5, 0.6) is 5.75 Å². The minimum atomic E-state index is -0.184. The summed E-state index contributed by atoms with van der Waals surface area (Å²) in [5.41, 5.74) is 3.45. The molecule has 0 heterocycles. The van der Waals surface area contributed by atoms with Gasteiger partial charge < -0.3 is 10.4 Å². The van der Waals surface area contributed by atoms with Crippen LogP contribution in [0.2, 0.25) is 0 Å². The van der Waals surface area contributed by atoms with Crippen molar-refractivity contribution >= 4 is 5.69 Å². The minimum Gasteiger partial charge on any atom is -0.508 e. The Kier molecular flexibility index (Phi) is 3.51. The molecule has 0 aliphatic rings. The van der Waals surface area contributed by atoms with Gasteiger partial charge in [0.1, 0.15) is 11.6 Å². The van der Waals surface area contributed by atoms with E-state index in [9.17, 15) is 9.50 Å². The van der Waals surface area contributed by atoms with E-state index in [-0.39, 0.29) is 11.6 Å². The lowest BCUT2D eigenvalue weighted by molar-refractivity contribution is 0.475. The van der Waals surface area contributed by atoms with E-state index in [1.165, 1.54) is 6.07 Å². The van der Waals surface area contributed by atoms with E-state index in [0.717, 1.165) is 16.8 Å². The summed E-state index contributed by atoms with van der Waals surface area (Å²) in [6, 6.07) is 10.4. The molecule has 0 amide bonds. The Morgan fingerprint density at radius 2 is 1.83 bits per heavy atom. The Hall–Kier alpha value is -2.03. The fourth-order valence-electron chi connectivity index (χ4n) is 1.79. The lowest BCUT2D eigenvalue weighted by atomic mass is 10.1. The van der Waals surface area contributed by atoms with Crippen LogP contribution >= 0.6 is 0 Å². The molecule has 0 aliphatic heterocycles. The predicted molar refractivity (Wildman–Crippen MR) is 71.3 cm³/mol. The number of hydrogen-bond donors (Lipinski definition) is 2. The Labute approximate surface area is 106 Å². The molecule has 94 valence electrons. The van der Waals surface area contributed by atoms with Crippen LogP contribution in [0.1, 0.15) is 16.7 Å². The van der Waals surface area contributed by atoms with Gasteiger partial charge in [-0.1, -0.05) is 12.1 Å². The monoisotopic (exact) mass is 245 g/mol. The molecule has 2 aromatic rings. The molecule has 0 bridgehead atoms. The second-order valence-electron chi connectivity index (χ2n) is 4.44. The van der Waals surface area contributed by atoms with Gasteiger partial charge in [-0.3, -0.25) is 0 Å². The first kappa shape index (κ1) is 12.4. The molecule has 0 radical (unpaired) electrons. The molecule has 0 saturated heterocycles. The fraction of sp³-hybridized carbons (Fsp3) is 0.200. The van der Waals surface area contributed by atoms with Crippen LogP contribution < -0.4 is 5.32 Å². The van der Waals surface area contributed by atoms with E-state index in [1.807, 2.05) is 19.1 Å². The SMILES string of the molecule is Cc1ccc(CNc2ccc(O)cc2C)cc1F. The summed E-state index contributed by atoms with van der Waals surface area (Å²) < 4.78 is 13.4. The number of aromatic hydroxyl groups is 1. The van der Waals surface area contributed by atoms with Gasteiger partial charge in [-0.05, 0) is 54.8 Å². The van der Waals surface area contributed by atoms with Crippen molar-refractivity contribution in [2.45, 2.75) is 20.4 Å². The number of phenols is 1. The molecule has 18 heavy (non-hydrogen) atoms. The van der Waals surface area contributed by atoms with Gasteiger partial charge in [-0.15, -0.1) is 0 Å². The number of nitrogens with one attached hydrogen (secondary N) is 1. The maximum absolute atomic E-state index is 13.4. The maximum Gasteiger partial charge on any atom is 0.126 e. The topological polar surface area (TPSA) is 32.3 Å². The summed E-state index contributed by atoms with van der Waals surface area (Å²) in [6.45, 7) is 4.22. The lowest BCUT2D eigenvalue weighted by Gasteiger charge is -2.10. The molecule has 0 aliphatic carbocycles. The summed E-state index contributed by atoms with van der Waals surface area (Å²) in [4.78, 5) is 0. The minimum absolute atomic E-state index is 0.184. The van der Waals surface area contributed by atoms with Crippen molar-refractivity contribution in [3.05, 3.63) is 58.9 Å². The van der Waals surface area contributed by atoms with Gasteiger partial charge in [0.2, 0.25) is 0 Å². The zero-order chi connectivity index (χ0) is 13.1. The van der Waals surface area contributed by atoms with E-state index in [2.05, 4.69) is 5.32 Å². The second-order valence-corrected chi connectivity index (χ2v) is 4.44. The molecule has 0 fully saturated rings. The summed E-state index contributed by atoms with van der Waals surface area (Å²) in [6.07, 6.45) is 0. The Morgan fingerprint density at radius 1 is 1.06 bits per heavy atom. The average Bonchev–Trinajstić information content (AvgIpc) is 2.32. The number of phenolic OH excluding ortho intramolecular Hbond substituents is 1. The van der Waals surface area contributed by atoms with Crippen LogP contribution in [0, 0.1) is 19.7 Å². The van der Waals surface area contributed by atoms with Gasteiger partial charge in [-0.2, -0.15) is 0 Å². The molecule has 0 spiro atoms. The smallest absolute Gasteiger partial charge is 0.126 e.